The fraction of sp³-hybridized carbons (Fsp3) is 0.395. The number of hydrogen-bond acceptors (Lipinski definition) is 9. The quantitative estimate of drug-likeness (QED) is 0.276. The van der Waals surface area contributed by atoms with Gasteiger partial charge in [0, 0.05) is 84.5 Å². The van der Waals surface area contributed by atoms with Crippen molar-refractivity contribution in [1.82, 2.24) is 30.1 Å². The van der Waals surface area contributed by atoms with Crippen LogP contribution in [0.2, 0.25) is 0 Å². The fourth-order valence-corrected chi connectivity index (χ4v) is 7.21. The van der Waals surface area contributed by atoms with Gasteiger partial charge >= 0.3 is 6.01 Å². The third-order valence-corrected chi connectivity index (χ3v) is 9.88. The van der Waals surface area contributed by atoms with E-state index in [1.807, 2.05) is 17.0 Å². The molecule has 3 aliphatic heterocycles. The summed E-state index contributed by atoms with van der Waals surface area (Å²) in [5.74, 6) is -0.106. The fourth-order valence-electron chi connectivity index (χ4n) is 7.21. The lowest BCUT2D eigenvalue weighted by atomic mass is 9.94. The zero-order chi connectivity index (χ0) is 32.9. The third-order valence-electron chi connectivity index (χ3n) is 9.88. The highest BCUT2D eigenvalue weighted by Gasteiger charge is 2.29. The predicted molar refractivity (Wildman–Crippen MR) is 186 cm³/mol. The summed E-state index contributed by atoms with van der Waals surface area (Å²) in [6, 6.07) is 21.6. The number of pyridine rings is 1. The van der Waals surface area contributed by atoms with E-state index in [0.29, 0.717) is 63.3 Å². The smallest absolute Gasteiger partial charge is 0.317 e. The minimum absolute atomic E-state index is 0.0484. The molecule has 2 atom stereocenters. The molecular weight excluding hydrogens is 600 g/mol. The molecule has 0 spiro atoms. The van der Waals surface area contributed by atoms with Gasteiger partial charge in [0.25, 0.3) is 0 Å². The van der Waals surface area contributed by atoms with Gasteiger partial charge in [0.05, 0.1) is 30.4 Å². The normalized spacial score (nSPS) is 20.3. The summed E-state index contributed by atoms with van der Waals surface area (Å²) in [7, 11) is 2.15. The Labute approximate surface area is 282 Å². The SMILES string of the molecule is CN1CCCC[C@H]1COc1nc2c(c(/C(=C/C(=O)N3CCN[C@@H](CC#N)C3)c3cccnc3)n1)CCN(c1cccc3ccccc13)C2. The molecule has 1 N–H and O–H groups in total. The van der Waals surface area contributed by atoms with Crippen LogP contribution in [0.25, 0.3) is 16.3 Å². The molecule has 10 heteroatoms. The zero-order valence-electron chi connectivity index (χ0n) is 27.5. The molecule has 2 saturated heterocycles. The third kappa shape index (κ3) is 6.89. The molecule has 7 rings (SSSR count). The number of aromatic nitrogens is 3. The van der Waals surface area contributed by atoms with Crippen molar-refractivity contribution in [2.45, 2.75) is 50.7 Å². The summed E-state index contributed by atoms with van der Waals surface area (Å²) in [4.78, 5) is 35.0. The van der Waals surface area contributed by atoms with Crippen LogP contribution in [0.3, 0.4) is 0 Å². The Morgan fingerprint density at radius 3 is 2.83 bits per heavy atom. The van der Waals surface area contributed by atoms with Gasteiger partial charge in [-0.15, -0.1) is 0 Å². The number of hydrogen-bond donors (Lipinski definition) is 1. The molecule has 246 valence electrons. The second kappa shape index (κ2) is 14.5. The lowest BCUT2D eigenvalue weighted by Gasteiger charge is -2.33. The van der Waals surface area contributed by atoms with Crippen LogP contribution in [-0.2, 0) is 17.8 Å². The lowest BCUT2D eigenvalue weighted by molar-refractivity contribution is -0.127. The summed E-state index contributed by atoms with van der Waals surface area (Å²) in [6.07, 6.45) is 9.75. The van der Waals surface area contributed by atoms with E-state index < -0.39 is 0 Å². The average molecular weight is 643 g/mol. The highest BCUT2D eigenvalue weighted by atomic mass is 16.5. The van der Waals surface area contributed by atoms with Gasteiger partial charge in [0.1, 0.15) is 6.61 Å². The van der Waals surface area contributed by atoms with E-state index >= 15 is 0 Å². The van der Waals surface area contributed by atoms with Crippen molar-refractivity contribution >= 4 is 27.9 Å². The van der Waals surface area contributed by atoms with Gasteiger partial charge in [0.15, 0.2) is 0 Å². The molecule has 0 bridgehead atoms. The Balaban J connectivity index is 1.28. The number of ether oxygens (including phenoxy) is 1. The standard InChI is InChI=1S/C38H42N8O2/c1-44-19-5-4-11-30(44)26-48-38-42-34-25-45(35-13-6-9-27-8-2-3-12-31(27)35)20-15-32(34)37(43-38)33(28-10-7-17-40-23-28)22-36(47)46-21-18-41-29(24-46)14-16-39/h2-3,6-10,12-13,17,22-23,29-30,41H,4-5,11,14-15,18-21,24-26H2,1H3/b33-22+/t29-,30-/m0/s1. The van der Waals surface area contributed by atoms with Gasteiger partial charge in [-0.3, -0.25) is 9.78 Å². The Kier molecular flexibility index (Phi) is 9.59. The van der Waals surface area contributed by atoms with Gasteiger partial charge in [-0.1, -0.05) is 48.9 Å². The van der Waals surface area contributed by atoms with Crippen molar-refractivity contribution in [3.8, 4) is 12.1 Å². The summed E-state index contributed by atoms with van der Waals surface area (Å²) in [5, 5.41) is 15.0. The summed E-state index contributed by atoms with van der Waals surface area (Å²) in [5.41, 5.74) is 5.35. The highest BCUT2D eigenvalue weighted by molar-refractivity contribution is 5.99. The van der Waals surface area contributed by atoms with Crippen LogP contribution in [0.4, 0.5) is 5.69 Å². The van der Waals surface area contributed by atoms with Crippen molar-refractivity contribution in [1.29, 1.82) is 5.26 Å². The number of piperidine rings is 1. The number of carbonyl (C=O) groups is 1. The summed E-state index contributed by atoms with van der Waals surface area (Å²) < 4.78 is 6.42. The van der Waals surface area contributed by atoms with Crippen molar-refractivity contribution in [2.24, 2.45) is 0 Å². The van der Waals surface area contributed by atoms with Crippen molar-refractivity contribution in [3.63, 3.8) is 0 Å². The molecule has 2 aromatic heterocycles. The molecule has 5 heterocycles. The number of nitrogens with one attached hydrogen (secondary N) is 1. The minimum atomic E-state index is -0.106. The molecule has 2 fully saturated rings. The topological polar surface area (TPSA) is 111 Å². The summed E-state index contributed by atoms with van der Waals surface area (Å²) >= 11 is 0. The number of amides is 1. The Bertz CT molecular complexity index is 1830. The van der Waals surface area contributed by atoms with Crippen molar-refractivity contribution in [2.75, 3.05) is 51.3 Å². The monoisotopic (exact) mass is 642 g/mol. The molecule has 4 aromatic rings. The van der Waals surface area contributed by atoms with Gasteiger partial charge < -0.3 is 24.8 Å². The molecule has 0 unspecified atom stereocenters. The van der Waals surface area contributed by atoms with Crippen LogP contribution < -0.4 is 15.0 Å². The minimum Gasteiger partial charge on any atom is -0.462 e. The number of rotatable bonds is 8. The van der Waals surface area contributed by atoms with Crippen LogP contribution in [0.1, 0.15) is 48.2 Å². The van der Waals surface area contributed by atoms with E-state index in [0.717, 1.165) is 42.0 Å². The average Bonchev–Trinajstić information content (AvgIpc) is 3.13. The molecule has 0 radical (unpaired) electrons. The molecule has 0 aliphatic carbocycles. The van der Waals surface area contributed by atoms with Gasteiger partial charge in [0.2, 0.25) is 5.91 Å². The van der Waals surface area contributed by atoms with Crippen LogP contribution in [0.5, 0.6) is 6.01 Å². The van der Waals surface area contributed by atoms with Crippen molar-refractivity contribution < 1.29 is 9.53 Å². The van der Waals surface area contributed by atoms with E-state index in [9.17, 15) is 10.1 Å². The maximum Gasteiger partial charge on any atom is 0.317 e. The molecule has 1 amide bonds. The van der Waals surface area contributed by atoms with E-state index in [4.69, 9.17) is 14.7 Å². The first-order valence-electron chi connectivity index (χ1n) is 17.0. The Morgan fingerprint density at radius 2 is 1.98 bits per heavy atom. The second-order valence-electron chi connectivity index (χ2n) is 13.0. The Hall–Kier alpha value is -4.85. The zero-order valence-corrected chi connectivity index (χ0v) is 27.5. The number of piperazine rings is 1. The van der Waals surface area contributed by atoms with Crippen LogP contribution in [-0.4, -0.2) is 89.1 Å². The number of likely N-dealkylation sites (tertiary alicyclic amines) is 1. The number of carbonyl (C=O) groups excluding carboxylic acids is 1. The molecule has 48 heavy (non-hydrogen) atoms. The summed E-state index contributed by atoms with van der Waals surface area (Å²) in [6.45, 7) is 4.65. The number of nitrogens with zero attached hydrogens (tertiary/aromatic N) is 7. The molecule has 3 aliphatic rings. The van der Waals surface area contributed by atoms with Crippen LogP contribution in [0.15, 0.2) is 73.1 Å². The van der Waals surface area contributed by atoms with E-state index in [1.54, 1.807) is 18.5 Å². The van der Waals surface area contributed by atoms with E-state index in [2.05, 4.69) is 75.7 Å². The van der Waals surface area contributed by atoms with Gasteiger partial charge in [-0.2, -0.15) is 15.2 Å². The lowest BCUT2D eigenvalue weighted by Crippen LogP contribution is -2.52. The number of nitriles is 1. The molecule has 10 nitrogen and oxygen atoms in total. The maximum absolute atomic E-state index is 13.9. The largest absolute Gasteiger partial charge is 0.462 e. The van der Waals surface area contributed by atoms with Crippen LogP contribution in [0, 0.1) is 11.3 Å². The van der Waals surface area contributed by atoms with E-state index in [-0.39, 0.29) is 11.9 Å². The van der Waals surface area contributed by atoms with Crippen molar-refractivity contribution in [3.05, 3.63) is 95.6 Å². The number of benzene rings is 2. The van der Waals surface area contributed by atoms with Gasteiger partial charge in [-0.25, -0.2) is 0 Å². The first kappa shape index (κ1) is 31.7. The highest BCUT2D eigenvalue weighted by Crippen LogP contribution is 2.35. The number of anilines is 1. The Morgan fingerprint density at radius 1 is 1.08 bits per heavy atom. The maximum atomic E-state index is 13.9. The van der Waals surface area contributed by atoms with Gasteiger partial charge in [-0.05, 0) is 50.4 Å². The first-order chi connectivity index (χ1) is 23.6. The molecule has 0 saturated carbocycles. The number of fused-ring (bicyclic) bond motifs is 2. The van der Waals surface area contributed by atoms with E-state index in [1.165, 1.54) is 29.3 Å². The van der Waals surface area contributed by atoms with Crippen LogP contribution >= 0.6 is 0 Å². The molecular formula is C38H42N8O2. The number of likely N-dealkylation sites (N-methyl/N-ethyl adjacent to an activating group) is 1. The molecule has 2 aromatic carbocycles. The first-order valence-corrected chi connectivity index (χ1v) is 17.0. The second-order valence-corrected chi connectivity index (χ2v) is 13.0. The predicted octanol–water partition coefficient (Wildman–Crippen LogP) is 4.60.